The monoisotopic (exact) mass is 233 g/mol. The third-order valence-corrected chi connectivity index (χ3v) is 2.62. The summed E-state index contributed by atoms with van der Waals surface area (Å²) in [6, 6.07) is 7.41. The molecule has 1 unspecified atom stereocenters. The van der Waals surface area contributed by atoms with Crippen molar-refractivity contribution in [2.24, 2.45) is 0 Å². The lowest BCUT2D eigenvalue weighted by molar-refractivity contribution is 0.403. The predicted octanol–water partition coefficient (Wildman–Crippen LogP) is 2.02. The smallest absolute Gasteiger partial charge is 0.213 e. The van der Waals surface area contributed by atoms with Crippen molar-refractivity contribution in [3.05, 3.63) is 42.0 Å². The van der Waals surface area contributed by atoms with Gasteiger partial charge in [-0.3, -0.25) is 0 Å². The molecule has 0 bridgehead atoms. The molecule has 0 fully saturated rings. The van der Waals surface area contributed by atoms with Crippen LogP contribution in [-0.4, -0.2) is 15.2 Å². The molecular weight excluding hydrogens is 218 g/mol. The Hall–Kier alpha value is -1.88. The van der Waals surface area contributed by atoms with Crippen molar-refractivity contribution in [1.29, 1.82) is 0 Å². The summed E-state index contributed by atoms with van der Waals surface area (Å²) in [5.74, 6) is 0.920. The SMILES string of the molecule is CCC(NCc1ncon1)c1ccc(O)cc1. The minimum Gasteiger partial charge on any atom is -0.508 e. The first kappa shape index (κ1) is 11.6. The van der Waals surface area contributed by atoms with E-state index in [1.807, 2.05) is 12.1 Å². The highest BCUT2D eigenvalue weighted by molar-refractivity contribution is 5.27. The fraction of sp³-hybridized carbons (Fsp3) is 0.333. The fourth-order valence-electron chi connectivity index (χ4n) is 1.69. The zero-order valence-electron chi connectivity index (χ0n) is 9.63. The van der Waals surface area contributed by atoms with Gasteiger partial charge in [0.15, 0.2) is 5.82 Å². The number of hydrogen-bond acceptors (Lipinski definition) is 5. The molecule has 0 aliphatic rings. The van der Waals surface area contributed by atoms with Crippen LogP contribution < -0.4 is 5.32 Å². The number of phenolic OH excluding ortho intramolecular Hbond substituents is 1. The van der Waals surface area contributed by atoms with Gasteiger partial charge in [0.05, 0.1) is 6.54 Å². The number of phenols is 1. The van der Waals surface area contributed by atoms with Crippen LogP contribution in [0.5, 0.6) is 5.75 Å². The molecule has 0 aliphatic heterocycles. The molecule has 90 valence electrons. The first-order chi connectivity index (χ1) is 8.29. The Morgan fingerprint density at radius 1 is 1.35 bits per heavy atom. The van der Waals surface area contributed by atoms with Crippen LogP contribution in [0.3, 0.4) is 0 Å². The Morgan fingerprint density at radius 2 is 2.12 bits per heavy atom. The average Bonchev–Trinajstić information content (AvgIpc) is 2.85. The Morgan fingerprint density at radius 3 is 2.71 bits per heavy atom. The van der Waals surface area contributed by atoms with Crippen molar-refractivity contribution >= 4 is 0 Å². The lowest BCUT2D eigenvalue weighted by Crippen LogP contribution is -2.20. The van der Waals surface area contributed by atoms with E-state index in [9.17, 15) is 5.11 Å². The molecule has 2 aromatic rings. The van der Waals surface area contributed by atoms with Gasteiger partial charge in [-0.25, -0.2) is 0 Å². The Bertz CT molecular complexity index is 439. The maximum Gasteiger partial charge on any atom is 0.213 e. The van der Waals surface area contributed by atoms with E-state index in [-0.39, 0.29) is 11.8 Å². The third kappa shape index (κ3) is 3.04. The summed E-state index contributed by atoms with van der Waals surface area (Å²) in [5.41, 5.74) is 1.13. The quantitative estimate of drug-likeness (QED) is 0.826. The van der Waals surface area contributed by atoms with Gasteiger partial charge in [-0.1, -0.05) is 24.2 Å². The van der Waals surface area contributed by atoms with Gasteiger partial charge in [-0.2, -0.15) is 4.98 Å². The van der Waals surface area contributed by atoms with Gasteiger partial charge < -0.3 is 14.9 Å². The summed E-state index contributed by atoms with van der Waals surface area (Å²) in [6.45, 7) is 2.66. The molecule has 1 heterocycles. The Labute approximate surface area is 99.5 Å². The molecule has 1 aromatic carbocycles. The zero-order valence-corrected chi connectivity index (χ0v) is 9.63. The van der Waals surface area contributed by atoms with Gasteiger partial charge in [0.1, 0.15) is 5.75 Å². The molecule has 0 radical (unpaired) electrons. The molecular formula is C12H15N3O2. The van der Waals surface area contributed by atoms with Gasteiger partial charge in [-0.15, -0.1) is 0 Å². The first-order valence-electron chi connectivity index (χ1n) is 5.57. The summed E-state index contributed by atoms with van der Waals surface area (Å²) in [4.78, 5) is 3.95. The maximum absolute atomic E-state index is 9.24. The number of nitrogens with one attached hydrogen (secondary N) is 1. The van der Waals surface area contributed by atoms with E-state index in [2.05, 4.69) is 26.9 Å². The second-order valence-corrected chi connectivity index (χ2v) is 3.78. The van der Waals surface area contributed by atoms with Crippen molar-refractivity contribution in [2.75, 3.05) is 0 Å². The van der Waals surface area contributed by atoms with Gasteiger partial charge in [0.2, 0.25) is 6.39 Å². The number of aromatic hydroxyl groups is 1. The van der Waals surface area contributed by atoms with Crippen LogP contribution >= 0.6 is 0 Å². The van der Waals surface area contributed by atoms with Crippen molar-refractivity contribution in [1.82, 2.24) is 15.5 Å². The number of benzene rings is 1. The molecule has 1 aromatic heterocycles. The van der Waals surface area contributed by atoms with E-state index in [4.69, 9.17) is 0 Å². The Kier molecular flexibility index (Phi) is 3.72. The van der Waals surface area contributed by atoms with Crippen molar-refractivity contribution in [3.63, 3.8) is 0 Å². The molecule has 0 saturated heterocycles. The topological polar surface area (TPSA) is 71.2 Å². The predicted molar refractivity (Wildman–Crippen MR) is 62.3 cm³/mol. The van der Waals surface area contributed by atoms with Crippen LogP contribution in [0.2, 0.25) is 0 Å². The van der Waals surface area contributed by atoms with Crippen LogP contribution in [0.15, 0.2) is 35.2 Å². The molecule has 2 N–H and O–H groups in total. The first-order valence-corrected chi connectivity index (χ1v) is 5.57. The molecule has 0 spiro atoms. The van der Waals surface area contributed by atoms with Gasteiger partial charge >= 0.3 is 0 Å². The third-order valence-electron chi connectivity index (χ3n) is 2.62. The van der Waals surface area contributed by atoms with Crippen molar-refractivity contribution < 1.29 is 9.63 Å². The highest BCUT2D eigenvalue weighted by Gasteiger charge is 2.09. The van der Waals surface area contributed by atoms with Crippen molar-refractivity contribution in [3.8, 4) is 5.75 Å². The normalized spacial score (nSPS) is 12.5. The van der Waals surface area contributed by atoms with Gasteiger partial charge in [0.25, 0.3) is 0 Å². The fourth-order valence-corrected chi connectivity index (χ4v) is 1.69. The largest absolute Gasteiger partial charge is 0.508 e. The minimum atomic E-state index is 0.217. The zero-order chi connectivity index (χ0) is 12.1. The summed E-state index contributed by atoms with van der Waals surface area (Å²) in [6.07, 6.45) is 2.27. The Balaban J connectivity index is 1.99. The van der Waals surface area contributed by atoms with Crippen molar-refractivity contribution in [2.45, 2.75) is 25.9 Å². The van der Waals surface area contributed by atoms with Gasteiger partial charge in [0, 0.05) is 6.04 Å². The summed E-state index contributed by atoms with van der Waals surface area (Å²) in [7, 11) is 0. The van der Waals surface area contributed by atoms with E-state index in [0.717, 1.165) is 12.0 Å². The van der Waals surface area contributed by atoms with E-state index >= 15 is 0 Å². The maximum atomic E-state index is 9.24. The molecule has 0 amide bonds. The molecule has 5 heteroatoms. The van der Waals surface area contributed by atoms with E-state index in [1.165, 1.54) is 6.39 Å². The van der Waals surface area contributed by atoms with Crippen LogP contribution in [0.25, 0.3) is 0 Å². The number of rotatable bonds is 5. The standard InChI is InChI=1S/C12H15N3O2/c1-2-11(9-3-5-10(16)6-4-9)13-7-12-14-8-17-15-12/h3-6,8,11,13,16H,2,7H2,1H3. The van der Waals surface area contributed by atoms with E-state index < -0.39 is 0 Å². The number of nitrogens with zero attached hydrogens (tertiary/aromatic N) is 2. The molecule has 17 heavy (non-hydrogen) atoms. The molecule has 0 saturated carbocycles. The highest BCUT2D eigenvalue weighted by atomic mass is 16.5. The number of aromatic nitrogens is 2. The molecule has 2 rings (SSSR count). The second-order valence-electron chi connectivity index (χ2n) is 3.78. The van der Waals surface area contributed by atoms with E-state index in [1.54, 1.807) is 12.1 Å². The second kappa shape index (κ2) is 5.45. The molecule has 5 nitrogen and oxygen atoms in total. The van der Waals surface area contributed by atoms with Crippen LogP contribution in [0.1, 0.15) is 30.8 Å². The van der Waals surface area contributed by atoms with Crippen LogP contribution in [-0.2, 0) is 6.54 Å². The van der Waals surface area contributed by atoms with Gasteiger partial charge in [-0.05, 0) is 24.1 Å². The lowest BCUT2D eigenvalue weighted by Gasteiger charge is -2.16. The van der Waals surface area contributed by atoms with Crippen LogP contribution in [0.4, 0.5) is 0 Å². The summed E-state index contributed by atoms with van der Waals surface area (Å²) < 4.78 is 4.67. The number of hydrogen-bond donors (Lipinski definition) is 2. The summed E-state index contributed by atoms with van der Waals surface area (Å²) in [5, 5.41) is 16.3. The summed E-state index contributed by atoms with van der Waals surface area (Å²) >= 11 is 0. The average molecular weight is 233 g/mol. The van der Waals surface area contributed by atoms with Crippen LogP contribution in [0, 0.1) is 0 Å². The molecule has 1 atom stereocenters. The lowest BCUT2D eigenvalue weighted by atomic mass is 10.0. The highest BCUT2D eigenvalue weighted by Crippen LogP contribution is 2.19. The minimum absolute atomic E-state index is 0.217. The molecule has 0 aliphatic carbocycles. The van der Waals surface area contributed by atoms with E-state index in [0.29, 0.717) is 12.4 Å².